The van der Waals surface area contributed by atoms with E-state index in [2.05, 4.69) is 5.29 Å². The van der Waals surface area contributed by atoms with E-state index in [9.17, 15) is 9.70 Å². The van der Waals surface area contributed by atoms with Crippen molar-refractivity contribution in [1.29, 1.82) is 0 Å². The predicted molar refractivity (Wildman–Crippen MR) is 51.9 cm³/mol. The molecule has 0 radical (unpaired) electrons. The number of hydrogen-bond donors (Lipinski definition) is 0. The molecule has 0 aliphatic heterocycles. The summed E-state index contributed by atoms with van der Waals surface area (Å²) in [4.78, 5) is 22.3. The van der Waals surface area contributed by atoms with Crippen molar-refractivity contribution in [3.05, 3.63) is 4.91 Å². The first-order chi connectivity index (χ1) is 6.17. The van der Waals surface area contributed by atoms with Crippen LogP contribution >= 0.6 is 35.0 Å². The molecule has 0 saturated carbocycles. The molecular formula is C5H8Cl3N3O2. The number of halogens is 3. The van der Waals surface area contributed by atoms with Gasteiger partial charge in [-0.1, -0.05) is 4.53 Å². The number of rotatable bonds is 5. The maximum Gasteiger partial charge on any atom is 0.358 e. The Kier molecular flexibility index (Phi) is 7.03. The quantitative estimate of drug-likeness (QED) is 0.323. The lowest BCUT2D eigenvalue weighted by molar-refractivity contribution is 0.185. The van der Waals surface area contributed by atoms with Gasteiger partial charge in [0.05, 0.1) is 5.29 Å². The van der Waals surface area contributed by atoms with Crippen LogP contribution in [0.25, 0.3) is 0 Å². The molecule has 0 unspecified atom stereocenters. The normalized spacial score (nSPS) is 9.46. The summed E-state index contributed by atoms with van der Waals surface area (Å²) in [7, 11) is 0. The summed E-state index contributed by atoms with van der Waals surface area (Å²) in [5, 5.41) is 2.25. The maximum absolute atomic E-state index is 11.2. The molecule has 0 aromatic carbocycles. The van der Waals surface area contributed by atoms with Gasteiger partial charge < -0.3 is 4.90 Å². The van der Waals surface area contributed by atoms with E-state index in [0.29, 0.717) is 0 Å². The van der Waals surface area contributed by atoms with Crippen LogP contribution in [0.4, 0.5) is 4.79 Å². The molecule has 0 saturated heterocycles. The lowest BCUT2D eigenvalue weighted by Crippen LogP contribution is -2.38. The summed E-state index contributed by atoms with van der Waals surface area (Å²) in [6, 6.07) is -0.724. The van der Waals surface area contributed by atoms with Gasteiger partial charge in [0.15, 0.2) is 0 Å². The molecule has 0 atom stereocenters. The standard InChI is InChI=1S/C5H8Cl3N3O2/c6-1-3-10(4-2-7)5(12)11(8)9-13/h1-4H2. The predicted octanol–water partition coefficient (Wildman–Crippen LogP) is 2.02. The molecule has 2 amide bonds. The molecular weight excluding hydrogens is 240 g/mol. The van der Waals surface area contributed by atoms with Crippen molar-refractivity contribution < 1.29 is 4.79 Å². The first kappa shape index (κ1) is 12.7. The smallest absolute Gasteiger partial charge is 0.320 e. The van der Waals surface area contributed by atoms with E-state index < -0.39 is 6.03 Å². The molecule has 0 heterocycles. The van der Waals surface area contributed by atoms with Crippen LogP contribution in [0.1, 0.15) is 0 Å². The van der Waals surface area contributed by atoms with Crippen LogP contribution < -0.4 is 0 Å². The average Bonchev–Trinajstić information content (AvgIpc) is 2.15. The third kappa shape index (κ3) is 4.50. The lowest BCUT2D eigenvalue weighted by Gasteiger charge is -2.20. The number of urea groups is 1. The van der Waals surface area contributed by atoms with E-state index in [1.54, 1.807) is 0 Å². The van der Waals surface area contributed by atoms with Crippen LogP contribution in [0.3, 0.4) is 0 Å². The van der Waals surface area contributed by atoms with Crippen molar-refractivity contribution in [2.45, 2.75) is 0 Å². The van der Waals surface area contributed by atoms with Crippen LogP contribution in [0.15, 0.2) is 5.29 Å². The third-order valence-electron chi connectivity index (χ3n) is 1.21. The molecule has 0 bridgehead atoms. The van der Waals surface area contributed by atoms with E-state index >= 15 is 0 Å². The molecule has 0 aromatic heterocycles. The SMILES string of the molecule is O=NN(Cl)C(=O)N(CCCl)CCCl. The number of alkyl halides is 2. The second kappa shape index (κ2) is 7.17. The van der Waals surface area contributed by atoms with Crippen molar-refractivity contribution in [1.82, 2.24) is 9.43 Å². The summed E-state index contributed by atoms with van der Waals surface area (Å²) in [5.41, 5.74) is 0. The average molecular weight is 248 g/mol. The Morgan fingerprint density at radius 2 is 1.69 bits per heavy atom. The second-order valence-electron chi connectivity index (χ2n) is 1.99. The highest BCUT2D eigenvalue weighted by atomic mass is 35.5. The molecule has 0 N–H and O–H groups in total. The zero-order chi connectivity index (χ0) is 10.3. The van der Waals surface area contributed by atoms with Crippen molar-refractivity contribution in [2.24, 2.45) is 5.29 Å². The van der Waals surface area contributed by atoms with Gasteiger partial charge in [0, 0.05) is 36.6 Å². The molecule has 0 aromatic rings. The highest BCUT2D eigenvalue weighted by molar-refractivity contribution is 6.21. The Morgan fingerprint density at radius 1 is 1.23 bits per heavy atom. The van der Waals surface area contributed by atoms with Crippen molar-refractivity contribution in [3.8, 4) is 0 Å². The number of nitroso groups, excluding NO2 is 1. The van der Waals surface area contributed by atoms with E-state index in [1.165, 1.54) is 4.90 Å². The number of nitrogens with zero attached hydrogens (tertiary/aromatic N) is 3. The summed E-state index contributed by atoms with van der Waals surface area (Å²) >= 11 is 16.0. The first-order valence-corrected chi connectivity index (χ1v) is 4.78. The zero-order valence-corrected chi connectivity index (χ0v) is 8.89. The van der Waals surface area contributed by atoms with Gasteiger partial charge in [-0.05, 0) is 0 Å². The molecule has 0 spiro atoms. The van der Waals surface area contributed by atoms with Crippen molar-refractivity contribution in [2.75, 3.05) is 24.8 Å². The Bertz CT molecular complexity index is 174. The molecule has 0 fully saturated rings. The number of hydrogen-bond acceptors (Lipinski definition) is 3. The Morgan fingerprint density at radius 3 is 2.00 bits per heavy atom. The molecule has 0 aliphatic rings. The van der Waals surface area contributed by atoms with Crippen molar-refractivity contribution in [3.63, 3.8) is 0 Å². The summed E-state index contributed by atoms with van der Waals surface area (Å²) in [5.74, 6) is 0.485. The molecule has 0 aliphatic carbocycles. The zero-order valence-electron chi connectivity index (χ0n) is 6.62. The van der Waals surface area contributed by atoms with Crippen LogP contribution in [0.2, 0.25) is 0 Å². The number of amides is 2. The molecule has 5 nitrogen and oxygen atoms in total. The first-order valence-electron chi connectivity index (χ1n) is 3.37. The van der Waals surface area contributed by atoms with Crippen LogP contribution in [-0.4, -0.2) is 40.3 Å². The fraction of sp³-hybridized carbons (Fsp3) is 0.800. The third-order valence-corrected chi connectivity index (χ3v) is 1.75. The van der Waals surface area contributed by atoms with E-state index in [0.717, 1.165) is 0 Å². The van der Waals surface area contributed by atoms with Gasteiger partial charge in [-0.25, -0.2) is 4.79 Å². The molecule has 0 rings (SSSR count). The van der Waals surface area contributed by atoms with Crippen LogP contribution in [-0.2, 0) is 0 Å². The number of carbonyl (C=O) groups excluding carboxylic acids is 1. The van der Waals surface area contributed by atoms with Gasteiger partial charge in [-0.3, -0.25) is 0 Å². The maximum atomic E-state index is 11.2. The van der Waals surface area contributed by atoms with Gasteiger partial charge in [-0.15, -0.1) is 28.1 Å². The lowest BCUT2D eigenvalue weighted by atomic mass is 10.5. The minimum absolute atomic E-state index is 0.180. The highest BCUT2D eigenvalue weighted by Gasteiger charge is 2.19. The van der Waals surface area contributed by atoms with E-state index in [4.69, 9.17) is 35.0 Å². The fourth-order valence-electron chi connectivity index (χ4n) is 0.659. The van der Waals surface area contributed by atoms with Crippen LogP contribution in [0, 0.1) is 4.91 Å². The summed E-state index contributed by atoms with van der Waals surface area (Å²) < 4.78 is 0.180. The minimum atomic E-state index is -0.724. The van der Waals surface area contributed by atoms with E-state index in [-0.39, 0.29) is 29.4 Å². The van der Waals surface area contributed by atoms with Crippen molar-refractivity contribution >= 4 is 41.0 Å². The minimum Gasteiger partial charge on any atom is -0.320 e. The largest absolute Gasteiger partial charge is 0.358 e. The van der Waals surface area contributed by atoms with Gasteiger partial charge in [-0.2, -0.15) is 0 Å². The molecule has 8 heteroatoms. The van der Waals surface area contributed by atoms with Gasteiger partial charge in [0.1, 0.15) is 0 Å². The monoisotopic (exact) mass is 247 g/mol. The van der Waals surface area contributed by atoms with E-state index in [1.807, 2.05) is 0 Å². The van der Waals surface area contributed by atoms with Gasteiger partial charge in [0.2, 0.25) is 0 Å². The Labute approximate surface area is 90.6 Å². The van der Waals surface area contributed by atoms with Gasteiger partial charge >= 0.3 is 6.03 Å². The fourth-order valence-corrected chi connectivity index (χ4v) is 1.17. The highest BCUT2D eigenvalue weighted by Crippen LogP contribution is 2.03. The molecule has 76 valence electrons. The topological polar surface area (TPSA) is 53.0 Å². The Hall–Kier alpha value is -0.260. The Balaban J connectivity index is 4.17. The summed E-state index contributed by atoms with van der Waals surface area (Å²) in [6.45, 7) is 0.539. The second-order valence-corrected chi connectivity index (χ2v) is 3.07. The molecule has 13 heavy (non-hydrogen) atoms. The summed E-state index contributed by atoms with van der Waals surface area (Å²) in [6.07, 6.45) is 0. The number of carbonyl (C=O) groups is 1. The van der Waals surface area contributed by atoms with Crippen LogP contribution in [0.5, 0.6) is 0 Å². The van der Waals surface area contributed by atoms with Gasteiger partial charge in [0.25, 0.3) is 0 Å².